The van der Waals surface area contributed by atoms with Crippen LogP contribution >= 0.6 is 0 Å². The van der Waals surface area contributed by atoms with Gasteiger partial charge >= 0.3 is 5.97 Å². The maximum absolute atomic E-state index is 11.8. The van der Waals surface area contributed by atoms with Crippen molar-refractivity contribution >= 4 is 11.8 Å². The highest BCUT2D eigenvalue weighted by atomic mass is 16.5. The highest BCUT2D eigenvalue weighted by molar-refractivity contribution is 5.94. The smallest absolute Gasteiger partial charge is 0.337 e. The molecule has 0 aromatic carbocycles. The lowest BCUT2D eigenvalue weighted by atomic mass is 9.82. The molecule has 0 aromatic heterocycles. The summed E-state index contributed by atoms with van der Waals surface area (Å²) in [6, 6.07) is 0. The van der Waals surface area contributed by atoms with Gasteiger partial charge in [-0.05, 0) is 13.3 Å². The Bertz CT molecular complexity index is 344. The first-order chi connectivity index (χ1) is 8.60. The molecule has 0 radical (unpaired) electrons. The van der Waals surface area contributed by atoms with E-state index in [1.165, 1.54) is 0 Å². The van der Waals surface area contributed by atoms with Crippen molar-refractivity contribution in [3.63, 3.8) is 0 Å². The number of hydrogen-bond acceptors (Lipinski definition) is 4. The van der Waals surface area contributed by atoms with E-state index in [9.17, 15) is 14.7 Å². The number of ketones is 1. The molecule has 1 atom stereocenters. The number of carbonyl (C=O) groups excluding carboxylic acids is 2. The molecule has 1 aliphatic rings. The zero-order valence-corrected chi connectivity index (χ0v) is 11.2. The minimum atomic E-state index is -0.469. The molecule has 102 valence electrons. The largest absolute Gasteiger partial charge is 0.511 e. The van der Waals surface area contributed by atoms with Gasteiger partial charge in [0.2, 0.25) is 0 Å². The lowest BCUT2D eigenvalue weighted by Crippen LogP contribution is -2.26. The summed E-state index contributed by atoms with van der Waals surface area (Å²) in [5, 5.41) is 9.82. The van der Waals surface area contributed by atoms with E-state index < -0.39 is 5.97 Å². The number of Topliss-reactive ketones (excluding diaryl/α,β-unsaturated/α-hetero) is 1. The van der Waals surface area contributed by atoms with Gasteiger partial charge in [-0.1, -0.05) is 26.2 Å². The van der Waals surface area contributed by atoms with Crippen LogP contribution in [0.2, 0.25) is 0 Å². The van der Waals surface area contributed by atoms with Crippen molar-refractivity contribution in [2.75, 3.05) is 6.61 Å². The predicted octanol–water partition coefficient (Wildman–Crippen LogP) is 2.92. The van der Waals surface area contributed by atoms with E-state index >= 15 is 0 Å². The minimum Gasteiger partial charge on any atom is -0.511 e. The monoisotopic (exact) mass is 254 g/mol. The van der Waals surface area contributed by atoms with Gasteiger partial charge < -0.3 is 9.84 Å². The van der Waals surface area contributed by atoms with Gasteiger partial charge in [0.05, 0.1) is 18.6 Å². The molecule has 4 nitrogen and oxygen atoms in total. The zero-order valence-electron chi connectivity index (χ0n) is 11.2. The van der Waals surface area contributed by atoms with Gasteiger partial charge in [0.1, 0.15) is 11.5 Å². The molecule has 0 heterocycles. The van der Waals surface area contributed by atoms with E-state index in [1.807, 2.05) is 0 Å². The molecule has 0 bridgehead atoms. The second-order valence-electron chi connectivity index (χ2n) is 4.69. The zero-order chi connectivity index (χ0) is 13.5. The highest BCUT2D eigenvalue weighted by Gasteiger charge is 2.32. The molecule has 0 saturated heterocycles. The topological polar surface area (TPSA) is 63.6 Å². The van der Waals surface area contributed by atoms with Crippen molar-refractivity contribution in [1.29, 1.82) is 0 Å². The lowest BCUT2D eigenvalue weighted by molar-refractivity contribution is -0.139. The third kappa shape index (κ3) is 3.86. The summed E-state index contributed by atoms with van der Waals surface area (Å²) in [7, 11) is 0. The van der Waals surface area contributed by atoms with Crippen LogP contribution in [0.15, 0.2) is 11.3 Å². The van der Waals surface area contributed by atoms with Crippen molar-refractivity contribution in [3.8, 4) is 0 Å². The maximum Gasteiger partial charge on any atom is 0.337 e. The number of aliphatic hydroxyl groups is 1. The molecule has 0 aliphatic heterocycles. The number of hydrogen-bond donors (Lipinski definition) is 1. The SMILES string of the molecule is CCCCCC1CC(=O)CC(O)=C1C(=O)OCC. The normalized spacial score (nSPS) is 20.1. The summed E-state index contributed by atoms with van der Waals surface area (Å²) in [5.41, 5.74) is 0.326. The summed E-state index contributed by atoms with van der Waals surface area (Å²) in [5.74, 6) is -0.728. The van der Waals surface area contributed by atoms with Crippen LogP contribution in [0.5, 0.6) is 0 Å². The van der Waals surface area contributed by atoms with Crippen molar-refractivity contribution < 1.29 is 19.4 Å². The Morgan fingerprint density at radius 1 is 1.39 bits per heavy atom. The van der Waals surface area contributed by atoms with Gasteiger partial charge in [0.15, 0.2) is 0 Å². The Morgan fingerprint density at radius 2 is 2.11 bits per heavy atom. The Balaban J connectivity index is 2.79. The van der Waals surface area contributed by atoms with Crippen molar-refractivity contribution in [2.24, 2.45) is 5.92 Å². The Kier molecular flexibility index (Phi) is 5.89. The third-order valence-electron chi connectivity index (χ3n) is 3.21. The standard InChI is InChI=1S/C14H22O4/c1-3-5-6-7-10-8-11(15)9-12(16)13(10)14(17)18-4-2/h10,16H,3-9H2,1-2H3. The molecule has 0 fully saturated rings. The third-order valence-corrected chi connectivity index (χ3v) is 3.21. The molecule has 4 heteroatoms. The summed E-state index contributed by atoms with van der Waals surface area (Å²) in [4.78, 5) is 23.3. The van der Waals surface area contributed by atoms with Crippen LogP contribution in [0.25, 0.3) is 0 Å². The highest BCUT2D eigenvalue weighted by Crippen LogP contribution is 2.31. The number of aliphatic hydroxyl groups excluding tert-OH is 1. The fraction of sp³-hybridized carbons (Fsp3) is 0.714. The summed E-state index contributed by atoms with van der Waals surface area (Å²) < 4.78 is 4.96. The second-order valence-corrected chi connectivity index (χ2v) is 4.69. The predicted molar refractivity (Wildman–Crippen MR) is 68.2 cm³/mol. The van der Waals surface area contributed by atoms with E-state index in [2.05, 4.69) is 6.92 Å². The first kappa shape index (κ1) is 14.7. The molecular weight excluding hydrogens is 232 g/mol. The van der Waals surface area contributed by atoms with Crippen LogP contribution in [0.1, 0.15) is 52.4 Å². The van der Waals surface area contributed by atoms with Gasteiger partial charge in [-0.25, -0.2) is 4.79 Å². The number of allylic oxidation sites excluding steroid dienone is 1. The van der Waals surface area contributed by atoms with E-state index in [-0.39, 0.29) is 30.5 Å². The summed E-state index contributed by atoms with van der Waals surface area (Å²) >= 11 is 0. The molecule has 1 N–H and O–H groups in total. The minimum absolute atomic E-state index is 0.00190. The van der Waals surface area contributed by atoms with Crippen LogP contribution in [0.4, 0.5) is 0 Å². The van der Waals surface area contributed by atoms with Gasteiger partial charge in [0.25, 0.3) is 0 Å². The average molecular weight is 254 g/mol. The molecular formula is C14H22O4. The molecule has 1 rings (SSSR count). The fourth-order valence-corrected chi connectivity index (χ4v) is 2.35. The molecule has 0 amide bonds. The molecule has 0 spiro atoms. The molecule has 1 aliphatic carbocycles. The van der Waals surface area contributed by atoms with Crippen LogP contribution in [0.3, 0.4) is 0 Å². The Morgan fingerprint density at radius 3 is 2.72 bits per heavy atom. The van der Waals surface area contributed by atoms with Crippen LogP contribution < -0.4 is 0 Å². The van der Waals surface area contributed by atoms with E-state index in [0.717, 1.165) is 25.7 Å². The van der Waals surface area contributed by atoms with Crippen molar-refractivity contribution in [3.05, 3.63) is 11.3 Å². The fourth-order valence-electron chi connectivity index (χ4n) is 2.35. The number of esters is 1. The van der Waals surface area contributed by atoms with Crippen LogP contribution in [-0.2, 0) is 14.3 Å². The quantitative estimate of drug-likeness (QED) is 0.584. The molecule has 0 saturated carbocycles. The van der Waals surface area contributed by atoms with Crippen LogP contribution in [-0.4, -0.2) is 23.5 Å². The number of ether oxygens (including phenoxy) is 1. The van der Waals surface area contributed by atoms with E-state index in [0.29, 0.717) is 12.0 Å². The van der Waals surface area contributed by atoms with Crippen molar-refractivity contribution in [2.45, 2.75) is 52.4 Å². The molecule has 0 aromatic rings. The van der Waals surface area contributed by atoms with Gasteiger partial charge in [-0.15, -0.1) is 0 Å². The first-order valence-corrected chi connectivity index (χ1v) is 6.70. The van der Waals surface area contributed by atoms with E-state index in [4.69, 9.17) is 4.74 Å². The molecule has 1 unspecified atom stereocenters. The Labute approximate surface area is 108 Å². The summed E-state index contributed by atoms with van der Waals surface area (Å²) in [6.07, 6.45) is 4.20. The van der Waals surface area contributed by atoms with Crippen LogP contribution in [0, 0.1) is 5.92 Å². The van der Waals surface area contributed by atoms with Gasteiger partial charge in [0, 0.05) is 12.3 Å². The molecule has 18 heavy (non-hydrogen) atoms. The number of rotatable bonds is 6. The summed E-state index contributed by atoms with van der Waals surface area (Å²) in [6.45, 7) is 4.12. The lowest BCUT2D eigenvalue weighted by Gasteiger charge is -2.24. The second kappa shape index (κ2) is 7.19. The number of unbranched alkanes of at least 4 members (excludes halogenated alkanes) is 2. The number of carbonyl (C=O) groups is 2. The van der Waals surface area contributed by atoms with Gasteiger partial charge in [-0.3, -0.25) is 4.79 Å². The van der Waals surface area contributed by atoms with Crippen molar-refractivity contribution in [1.82, 2.24) is 0 Å². The first-order valence-electron chi connectivity index (χ1n) is 6.70. The Hall–Kier alpha value is -1.32. The van der Waals surface area contributed by atoms with Gasteiger partial charge in [-0.2, -0.15) is 0 Å². The van der Waals surface area contributed by atoms with E-state index in [1.54, 1.807) is 6.92 Å². The average Bonchev–Trinajstić information content (AvgIpc) is 2.28. The maximum atomic E-state index is 11.8.